The molecule has 1 fully saturated rings. The van der Waals surface area contributed by atoms with E-state index in [1.54, 1.807) is 0 Å². The Kier molecular flexibility index (Phi) is 3.79. The Balaban J connectivity index is 1.72. The molecule has 0 spiro atoms. The van der Waals surface area contributed by atoms with E-state index < -0.39 is 0 Å². The first-order chi connectivity index (χ1) is 9.83. The molecule has 1 heterocycles. The molecule has 0 aromatic heterocycles. The number of hydrogen-bond acceptors (Lipinski definition) is 3. The van der Waals surface area contributed by atoms with Gasteiger partial charge in [0.1, 0.15) is 12.6 Å². The quantitative estimate of drug-likeness (QED) is 0.868. The highest BCUT2D eigenvalue weighted by Gasteiger charge is 2.30. The van der Waals surface area contributed by atoms with Gasteiger partial charge in [-0.3, -0.25) is 10.1 Å². The summed E-state index contributed by atoms with van der Waals surface area (Å²) >= 11 is 0. The molecule has 0 radical (unpaired) electrons. The van der Waals surface area contributed by atoms with Crippen LogP contribution in [-0.4, -0.2) is 18.6 Å². The van der Waals surface area contributed by atoms with Gasteiger partial charge in [-0.25, -0.2) is 0 Å². The van der Waals surface area contributed by atoms with Crippen LogP contribution in [-0.2, 0) is 16.0 Å². The van der Waals surface area contributed by atoms with Gasteiger partial charge in [0.2, 0.25) is 0 Å². The summed E-state index contributed by atoms with van der Waals surface area (Å²) in [5, 5.41) is 3.39. The first-order valence-electron chi connectivity index (χ1n) is 6.84. The summed E-state index contributed by atoms with van der Waals surface area (Å²) in [4.78, 5) is 11.9. The first kappa shape index (κ1) is 12.9. The van der Waals surface area contributed by atoms with Crippen LogP contribution in [0, 0.1) is 0 Å². The van der Waals surface area contributed by atoms with Gasteiger partial charge < -0.3 is 4.74 Å². The molecule has 1 N–H and O–H groups in total. The van der Waals surface area contributed by atoms with Crippen molar-refractivity contribution in [3.63, 3.8) is 0 Å². The predicted molar refractivity (Wildman–Crippen MR) is 77.2 cm³/mol. The second-order valence-electron chi connectivity index (χ2n) is 5.00. The second-order valence-corrected chi connectivity index (χ2v) is 5.00. The van der Waals surface area contributed by atoms with Crippen molar-refractivity contribution in [3.8, 4) is 0 Å². The molecule has 102 valence electrons. The fraction of sp³-hybridized carbons (Fsp3) is 0.235. The number of nitrogens with one attached hydrogen (secondary N) is 1. The van der Waals surface area contributed by atoms with Crippen molar-refractivity contribution >= 4 is 5.97 Å². The molecule has 2 aromatic rings. The number of carbonyl (C=O) groups is 1. The van der Waals surface area contributed by atoms with Crippen molar-refractivity contribution in [2.75, 3.05) is 6.61 Å². The van der Waals surface area contributed by atoms with Gasteiger partial charge in [0.15, 0.2) is 0 Å². The molecule has 3 heteroatoms. The first-order valence-corrected chi connectivity index (χ1v) is 6.84. The van der Waals surface area contributed by atoms with Crippen LogP contribution >= 0.6 is 0 Å². The van der Waals surface area contributed by atoms with Gasteiger partial charge in [0, 0.05) is 0 Å². The highest BCUT2D eigenvalue weighted by molar-refractivity contribution is 5.77. The van der Waals surface area contributed by atoms with E-state index in [-0.39, 0.29) is 18.1 Å². The number of rotatable bonds is 3. The summed E-state index contributed by atoms with van der Waals surface area (Å²) in [5.41, 5.74) is 2.29. The van der Waals surface area contributed by atoms with Gasteiger partial charge in [-0.05, 0) is 17.5 Å². The molecule has 1 aliphatic rings. The fourth-order valence-electron chi connectivity index (χ4n) is 2.49. The Hall–Kier alpha value is -2.13. The smallest absolute Gasteiger partial charge is 0.323 e. The molecular formula is C17H17NO2. The highest BCUT2D eigenvalue weighted by atomic mass is 16.5. The second kappa shape index (κ2) is 5.88. The highest BCUT2D eigenvalue weighted by Crippen LogP contribution is 2.19. The van der Waals surface area contributed by atoms with Gasteiger partial charge in [-0.15, -0.1) is 0 Å². The van der Waals surface area contributed by atoms with Crippen LogP contribution in [0.4, 0.5) is 0 Å². The van der Waals surface area contributed by atoms with E-state index in [9.17, 15) is 4.79 Å². The van der Waals surface area contributed by atoms with Gasteiger partial charge in [0.25, 0.3) is 0 Å². The SMILES string of the molecule is O=C1OC[C@H](c2ccccc2)N[C@H]1Cc1ccccc1. The third kappa shape index (κ3) is 2.89. The molecule has 2 atom stereocenters. The van der Waals surface area contributed by atoms with Crippen molar-refractivity contribution in [1.29, 1.82) is 0 Å². The molecule has 0 amide bonds. The van der Waals surface area contributed by atoms with Crippen LogP contribution in [0.2, 0.25) is 0 Å². The minimum absolute atomic E-state index is 0.0719. The Morgan fingerprint density at radius 3 is 2.35 bits per heavy atom. The lowest BCUT2D eigenvalue weighted by atomic mass is 10.0. The average molecular weight is 267 g/mol. The maximum Gasteiger partial charge on any atom is 0.323 e. The topological polar surface area (TPSA) is 38.3 Å². The predicted octanol–water partition coefficient (Wildman–Crippen LogP) is 2.49. The number of hydrogen-bond donors (Lipinski definition) is 1. The maximum atomic E-state index is 11.9. The van der Waals surface area contributed by atoms with Crippen molar-refractivity contribution in [2.24, 2.45) is 0 Å². The van der Waals surface area contributed by atoms with Gasteiger partial charge in [-0.1, -0.05) is 60.7 Å². The molecule has 20 heavy (non-hydrogen) atoms. The van der Waals surface area contributed by atoms with Crippen LogP contribution in [0.25, 0.3) is 0 Å². The Morgan fingerprint density at radius 1 is 1.00 bits per heavy atom. The van der Waals surface area contributed by atoms with Crippen molar-refractivity contribution < 1.29 is 9.53 Å². The summed E-state index contributed by atoms with van der Waals surface area (Å²) < 4.78 is 5.33. The van der Waals surface area contributed by atoms with Crippen LogP contribution < -0.4 is 5.32 Å². The van der Waals surface area contributed by atoms with Crippen molar-refractivity contribution in [3.05, 3.63) is 71.8 Å². The average Bonchev–Trinajstić information content (AvgIpc) is 2.51. The van der Waals surface area contributed by atoms with Crippen LogP contribution in [0.3, 0.4) is 0 Å². The summed E-state index contributed by atoms with van der Waals surface area (Å²) in [7, 11) is 0. The van der Waals surface area contributed by atoms with E-state index in [1.165, 1.54) is 0 Å². The lowest BCUT2D eigenvalue weighted by molar-refractivity contribution is -0.151. The number of carbonyl (C=O) groups excluding carboxylic acids is 1. The molecule has 2 aromatic carbocycles. The minimum Gasteiger partial charge on any atom is -0.462 e. The van der Waals surface area contributed by atoms with Gasteiger partial charge in [0.05, 0.1) is 6.04 Å². The third-order valence-electron chi connectivity index (χ3n) is 3.56. The zero-order valence-corrected chi connectivity index (χ0v) is 11.2. The molecule has 0 saturated carbocycles. The molecule has 0 bridgehead atoms. The summed E-state index contributed by atoms with van der Waals surface area (Å²) in [6.07, 6.45) is 0.656. The number of esters is 1. The van der Waals surface area contributed by atoms with Gasteiger partial charge in [-0.2, -0.15) is 0 Å². The lowest BCUT2D eigenvalue weighted by Crippen LogP contribution is -2.48. The van der Waals surface area contributed by atoms with E-state index in [0.717, 1.165) is 11.1 Å². The molecule has 3 nitrogen and oxygen atoms in total. The molecule has 1 aliphatic heterocycles. The van der Waals surface area contributed by atoms with E-state index >= 15 is 0 Å². The fourth-order valence-corrected chi connectivity index (χ4v) is 2.49. The number of ether oxygens (including phenoxy) is 1. The Morgan fingerprint density at radius 2 is 1.65 bits per heavy atom. The van der Waals surface area contributed by atoms with E-state index in [2.05, 4.69) is 17.4 Å². The summed E-state index contributed by atoms with van der Waals surface area (Å²) in [5.74, 6) is -0.166. The zero-order chi connectivity index (χ0) is 13.8. The van der Waals surface area contributed by atoms with Crippen molar-refractivity contribution in [1.82, 2.24) is 5.32 Å². The van der Waals surface area contributed by atoms with E-state index in [1.807, 2.05) is 48.5 Å². The standard InChI is InChI=1S/C17H17NO2/c19-17-15(11-13-7-3-1-4-8-13)18-16(12-20-17)14-9-5-2-6-10-14/h1-10,15-16,18H,11-12H2/t15-,16+/m0/s1. The van der Waals surface area contributed by atoms with E-state index in [0.29, 0.717) is 13.0 Å². The Labute approximate surface area is 118 Å². The molecule has 1 saturated heterocycles. The summed E-state index contributed by atoms with van der Waals surface area (Å²) in [6, 6.07) is 19.9. The number of benzene rings is 2. The monoisotopic (exact) mass is 267 g/mol. The van der Waals surface area contributed by atoms with Crippen LogP contribution in [0.15, 0.2) is 60.7 Å². The van der Waals surface area contributed by atoms with Crippen molar-refractivity contribution in [2.45, 2.75) is 18.5 Å². The normalized spacial score (nSPS) is 22.3. The third-order valence-corrected chi connectivity index (χ3v) is 3.56. The summed E-state index contributed by atoms with van der Waals surface area (Å²) in [6.45, 7) is 0.397. The number of cyclic esters (lactones) is 1. The molecular weight excluding hydrogens is 250 g/mol. The van der Waals surface area contributed by atoms with Crippen LogP contribution in [0.5, 0.6) is 0 Å². The molecule has 0 aliphatic carbocycles. The lowest BCUT2D eigenvalue weighted by Gasteiger charge is -2.30. The Bertz CT molecular complexity index is 568. The minimum atomic E-state index is -0.281. The zero-order valence-electron chi connectivity index (χ0n) is 11.2. The maximum absolute atomic E-state index is 11.9. The largest absolute Gasteiger partial charge is 0.462 e. The number of morpholine rings is 1. The van der Waals surface area contributed by atoms with Crippen LogP contribution in [0.1, 0.15) is 17.2 Å². The van der Waals surface area contributed by atoms with Gasteiger partial charge >= 0.3 is 5.97 Å². The molecule has 3 rings (SSSR count). The van der Waals surface area contributed by atoms with E-state index in [4.69, 9.17) is 4.74 Å². The molecule has 0 unspecified atom stereocenters.